The number of hydrogen-bond acceptors (Lipinski definition) is 4. The second-order valence-corrected chi connectivity index (χ2v) is 4.44. The number of nitrogens with zero attached hydrogens (tertiary/aromatic N) is 3. The van der Waals surface area contributed by atoms with Crippen molar-refractivity contribution in [2.75, 3.05) is 0 Å². The summed E-state index contributed by atoms with van der Waals surface area (Å²) in [6.45, 7) is 5.36. The highest BCUT2D eigenvalue weighted by Crippen LogP contribution is 2.29. The topological polar surface area (TPSA) is 98.3 Å². The summed E-state index contributed by atoms with van der Waals surface area (Å²) in [4.78, 5) is 21.9. The van der Waals surface area contributed by atoms with Crippen LogP contribution in [0.1, 0.15) is 27.3 Å². The average Bonchev–Trinajstić information content (AvgIpc) is 2.65. The number of aromatic carboxylic acids is 1. The minimum absolute atomic E-state index is 0.0151. The third kappa shape index (κ3) is 2.03. The molecule has 2 aromatic rings. The van der Waals surface area contributed by atoms with Gasteiger partial charge in [0.25, 0.3) is 5.69 Å². The van der Waals surface area contributed by atoms with Crippen LogP contribution in [-0.2, 0) is 0 Å². The first-order valence-corrected chi connectivity index (χ1v) is 5.88. The lowest BCUT2D eigenvalue weighted by atomic mass is 10.1. The second kappa shape index (κ2) is 4.76. The summed E-state index contributed by atoms with van der Waals surface area (Å²) in [5, 5.41) is 24.6. The van der Waals surface area contributed by atoms with Crippen LogP contribution in [0.2, 0.25) is 0 Å². The molecule has 0 radical (unpaired) electrons. The van der Waals surface area contributed by atoms with Gasteiger partial charge in [0.15, 0.2) is 5.69 Å². The molecule has 0 aliphatic heterocycles. The monoisotopic (exact) mass is 275 g/mol. The van der Waals surface area contributed by atoms with Gasteiger partial charge in [-0.2, -0.15) is 5.10 Å². The van der Waals surface area contributed by atoms with Crippen molar-refractivity contribution in [3.63, 3.8) is 0 Å². The first-order valence-electron chi connectivity index (χ1n) is 5.88. The van der Waals surface area contributed by atoms with Gasteiger partial charge in [-0.3, -0.25) is 10.1 Å². The zero-order valence-electron chi connectivity index (χ0n) is 11.2. The lowest BCUT2D eigenvalue weighted by Crippen LogP contribution is -2.11. The van der Waals surface area contributed by atoms with Gasteiger partial charge in [-0.1, -0.05) is 6.07 Å². The Bertz CT molecular complexity index is 686. The van der Waals surface area contributed by atoms with E-state index in [1.54, 1.807) is 13.8 Å². The molecule has 0 saturated carbocycles. The number of carboxylic acids is 1. The molecule has 2 rings (SSSR count). The number of para-hydroxylation sites is 1. The van der Waals surface area contributed by atoms with Crippen molar-refractivity contribution >= 4 is 11.7 Å². The number of nitro groups is 1. The van der Waals surface area contributed by atoms with Crippen molar-refractivity contribution in [2.45, 2.75) is 20.8 Å². The minimum Gasteiger partial charge on any atom is -0.478 e. The van der Waals surface area contributed by atoms with Gasteiger partial charge in [0.1, 0.15) is 0 Å². The SMILES string of the molecule is Cc1nn(-c2c(C(=O)O)cccc2[N+](=O)[O-])c(C)c1C. The van der Waals surface area contributed by atoms with Crippen molar-refractivity contribution in [3.05, 3.63) is 50.8 Å². The summed E-state index contributed by atoms with van der Waals surface area (Å²) in [7, 11) is 0. The lowest BCUT2D eigenvalue weighted by Gasteiger charge is -2.09. The Balaban J connectivity index is 2.86. The molecule has 1 N–H and O–H groups in total. The maximum Gasteiger partial charge on any atom is 0.338 e. The average molecular weight is 275 g/mol. The van der Waals surface area contributed by atoms with Crippen LogP contribution in [0.25, 0.3) is 5.69 Å². The molecule has 0 aliphatic rings. The summed E-state index contributed by atoms with van der Waals surface area (Å²) in [6.07, 6.45) is 0. The Morgan fingerprint density at radius 3 is 2.45 bits per heavy atom. The van der Waals surface area contributed by atoms with Crippen molar-refractivity contribution < 1.29 is 14.8 Å². The van der Waals surface area contributed by atoms with Gasteiger partial charge in [-0.15, -0.1) is 0 Å². The molecular weight excluding hydrogens is 262 g/mol. The van der Waals surface area contributed by atoms with Crippen LogP contribution in [0, 0.1) is 30.9 Å². The summed E-state index contributed by atoms with van der Waals surface area (Å²) < 4.78 is 1.33. The van der Waals surface area contributed by atoms with Crippen LogP contribution in [0.3, 0.4) is 0 Å². The lowest BCUT2D eigenvalue weighted by molar-refractivity contribution is -0.384. The largest absolute Gasteiger partial charge is 0.478 e. The summed E-state index contributed by atoms with van der Waals surface area (Å²) >= 11 is 0. The molecule has 7 nitrogen and oxygen atoms in total. The molecule has 0 fully saturated rings. The van der Waals surface area contributed by atoms with E-state index in [1.807, 2.05) is 6.92 Å². The molecule has 0 unspecified atom stereocenters. The maximum absolute atomic E-state index is 11.3. The van der Waals surface area contributed by atoms with Crippen LogP contribution >= 0.6 is 0 Å². The van der Waals surface area contributed by atoms with Crippen molar-refractivity contribution in [1.29, 1.82) is 0 Å². The van der Waals surface area contributed by atoms with Crippen molar-refractivity contribution in [1.82, 2.24) is 9.78 Å². The number of aryl methyl sites for hydroxylation is 1. The van der Waals surface area contributed by atoms with Crippen LogP contribution in [-0.4, -0.2) is 25.8 Å². The number of rotatable bonds is 3. The Morgan fingerprint density at radius 2 is 2.00 bits per heavy atom. The zero-order valence-corrected chi connectivity index (χ0v) is 11.2. The van der Waals surface area contributed by atoms with E-state index < -0.39 is 10.9 Å². The Morgan fingerprint density at radius 1 is 1.35 bits per heavy atom. The quantitative estimate of drug-likeness (QED) is 0.685. The fourth-order valence-corrected chi connectivity index (χ4v) is 2.01. The molecule has 0 amide bonds. The van der Waals surface area contributed by atoms with E-state index in [9.17, 15) is 20.0 Å². The van der Waals surface area contributed by atoms with Gasteiger partial charge in [0.05, 0.1) is 16.2 Å². The van der Waals surface area contributed by atoms with Crippen molar-refractivity contribution in [2.24, 2.45) is 0 Å². The van der Waals surface area contributed by atoms with Crippen molar-refractivity contribution in [3.8, 4) is 5.69 Å². The molecule has 1 aromatic carbocycles. The van der Waals surface area contributed by atoms with E-state index in [0.29, 0.717) is 11.4 Å². The van der Waals surface area contributed by atoms with Gasteiger partial charge < -0.3 is 5.11 Å². The zero-order chi connectivity index (χ0) is 15.0. The minimum atomic E-state index is -1.23. The second-order valence-electron chi connectivity index (χ2n) is 4.44. The summed E-state index contributed by atoms with van der Waals surface area (Å²) in [5.74, 6) is -1.23. The molecule has 104 valence electrons. The predicted molar refractivity (Wildman–Crippen MR) is 71.4 cm³/mol. The van der Waals surface area contributed by atoms with Crippen LogP contribution < -0.4 is 0 Å². The van der Waals surface area contributed by atoms with Crippen LogP contribution in [0.15, 0.2) is 18.2 Å². The normalized spacial score (nSPS) is 10.6. The fourth-order valence-electron chi connectivity index (χ4n) is 2.01. The third-order valence-corrected chi connectivity index (χ3v) is 3.31. The molecule has 20 heavy (non-hydrogen) atoms. The number of aromatic nitrogens is 2. The number of hydrogen-bond donors (Lipinski definition) is 1. The maximum atomic E-state index is 11.3. The molecule has 0 aliphatic carbocycles. The standard InChI is InChI=1S/C13H13N3O4/c1-7-8(2)14-15(9(7)3)12-10(13(17)18)5-4-6-11(12)16(19)20/h4-6H,1-3H3,(H,17,18). The Hall–Kier alpha value is -2.70. The smallest absolute Gasteiger partial charge is 0.338 e. The predicted octanol–water partition coefficient (Wildman–Crippen LogP) is 2.40. The highest BCUT2D eigenvalue weighted by Gasteiger charge is 2.25. The Labute approximate surface area is 114 Å². The van der Waals surface area contributed by atoms with Gasteiger partial charge in [0, 0.05) is 11.8 Å². The van der Waals surface area contributed by atoms with Gasteiger partial charge in [-0.25, -0.2) is 9.48 Å². The van der Waals surface area contributed by atoms with E-state index >= 15 is 0 Å². The van der Waals surface area contributed by atoms with Gasteiger partial charge >= 0.3 is 5.97 Å². The van der Waals surface area contributed by atoms with E-state index in [4.69, 9.17) is 0 Å². The first-order chi connectivity index (χ1) is 9.34. The number of nitro benzene ring substituents is 1. The van der Waals surface area contributed by atoms with E-state index in [2.05, 4.69) is 5.10 Å². The number of benzene rings is 1. The Kier molecular flexibility index (Phi) is 3.27. The van der Waals surface area contributed by atoms with E-state index in [-0.39, 0.29) is 16.9 Å². The van der Waals surface area contributed by atoms with Gasteiger partial charge in [-0.05, 0) is 32.4 Å². The molecule has 0 atom stereocenters. The molecular formula is C13H13N3O4. The summed E-state index contributed by atoms with van der Waals surface area (Å²) in [5.41, 5.74) is 1.81. The first kappa shape index (κ1) is 13.7. The van der Waals surface area contributed by atoms with E-state index in [0.717, 1.165) is 5.56 Å². The van der Waals surface area contributed by atoms with Crippen LogP contribution in [0.5, 0.6) is 0 Å². The molecule has 0 spiro atoms. The highest BCUT2D eigenvalue weighted by atomic mass is 16.6. The molecule has 7 heteroatoms. The fraction of sp³-hybridized carbons (Fsp3) is 0.231. The highest BCUT2D eigenvalue weighted by molar-refractivity contribution is 5.94. The number of carboxylic acid groups (broad SMARTS) is 1. The molecule has 1 aromatic heterocycles. The summed E-state index contributed by atoms with van der Waals surface area (Å²) in [6, 6.07) is 3.95. The molecule has 0 saturated heterocycles. The molecule has 1 heterocycles. The van der Waals surface area contributed by atoms with E-state index in [1.165, 1.54) is 22.9 Å². The molecule has 0 bridgehead atoms. The third-order valence-electron chi connectivity index (χ3n) is 3.31. The van der Waals surface area contributed by atoms with Crippen LogP contribution in [0.4, 0.5) is 5.69 Å². The number of carbonyl (C=O) groups is 1. The van der Waals surface area contributed by atoms with Gasteiger partial charge in [0.2, 0.25) is 0 Å².